The third kappa shape index (κ3) is 1.72. The van der Waals surface area contributed by atoms with Gasteiger partial charge in [0.2, 0.25) is 0 Å². The van der Waals surface area contributed by atoms with Crippen molar-refractivity contribution >= 4 is 11.9 Å². The van der Waals surface area contributed by atoms with Gasteiger partial charge in [-0.3, -0.25) is 4.90 Å². The van der Waals surface area contributed by atoms with E-state index in [1.54, 1.807) is 0 Å². The molecule has 0 radical (unpaired) electrons. The van der Waals surface area contributed by atoms with Crippen LogP contribution >= 0.6 is 0 Å². The Morgan fingerprint density at radius 3 is 2.78 bits per heavy atom. The molecule has 100 valence electrons. The molecule has 1 atom stereocenters. The number of aliphatic imine (C=N–C) groups is 1. The lowest BCUT2D eigenvalue weighted by atomic mass is 9.95. The molecule has 2 heterocycles. The molecular formula is C13H22N4O. The molecular weight excluding hydrogens is 228 g/mol. The molecule has 1 unspecified atom stereocenters. The van der Waals surface area contributed by atoms with Gasteiger partial charge in [0.25, 0.3) is 0 Å². The Balaban J connectivity index is 1.83. The number of urea groups is 1. The van der Waals surface area contributed by atoms with Crippen LogP contribution in [-0.2, 0) is 0 Å². The van der Waals surface area contributed by atoms with Gasteiger partial charge in [-0.2, -0.15) is 4.99 Å². The minimum atomic E-state index is -0.302. The van der Waals surface area contributed by atoms with Crippen molar-refractivity contribution in [1.29, 1.82) is 0 Å². The number of rotatable bonds is 3. The van der Waals surface area contributed by atoms with Gasteiger partial charge >= 0.3 is 6.03 Å². The molecule has 5 heteroatoms. The average molecular weight is 250 g/mol. The number of carbonyl (C=O) groups excluding carboxylic acids is 1. The van der Waals surface area contributed by atoms with Gasteiger partial charge in [0.05, 0.1) is 0 Å². The zero-order valence-corrected chi connectivity index (χ0v) is 11.2. The van der Waals surface area contributed by atoms with Crippen LogP contribution in [0.15, 0.2) is 4.99 Å². The number of nitrogens with two attached hydrogens (primary N) is 1. The Bertz CT molecular complexity index is 402. The smallest absolute Gasteiger partial charge is 0.346 e. The van der Waals surface area contributed by atoms with Crippen molar-refractivity contribution in [3.63, 3.8) is 0 Å². The number of hydrogen-bond donors (Lipinski definition) is 1. The number of likely N-dealkylation sites (tertiary alicyclic amines) is 1. The summed E-state index contributed by atoms with van der Waals surface area (Å²) in [5.41, 5.74) is 5.77. The van der Waals surface area contributed by atoms with E-state index in [1.807, 2.05) is 4.90 Å². The molecule has 2 fully saturated rings. The number of amidine groups is 1. The van der Waals surface area contributed by atoms with Gasteiger partial charge in [-0.1, -0.05) is 0 Å². The van der Waals surface area contributed by atoms with E-state index in [1.165, 1.54) is 12.8 Å². The lowest BCUT2D eigenvalue weighted by Gasteiger charge is -2.35. The Labute approximate surface area is 108 Å². The van der Waals surface area contributed by atoms with Crippen LogP contribution in [0.4, 0.5) is 4.79 Å². The summed E-state index contributed by atoms with van der Waals surface area (Å²) in [5.74, 6) is 1.22. The first-order valence-electron chi connectivity index (χ1n) is 6.93. The van der Waals surface area contributed by atoms with Crippen molar-refractivity contribution in [2.24, 2.45) is 16.6 Å². The maximum Gasteiger partial charge on any atom is 0.346 e. The van der Waals surface area contributed by atoms with Crippen molar-refractivity contribution in [3.05, 3.63) is 0 Å². The zero-order valence-electron chi connectivity index (χ0n) is 11.2. The van der Waals surface area contributed by atoms with E-state index in [4.69, 9.17) is 5.73 Å². The molecule has 2 N–H and O–H groups in total. The van der Waals surface area contributed by atoms with Crippen molar-refractivity contribution < 1.29 is 4.79 Å². The molecule has 0 aromatic heterocycles. The van der Waals surface area contributed by atoms with Crippen LogP contribution in [0.3, 0.4) is 0 Å². The van der Waals surface area contributed by atoms with Crippen LogP contribution in [0.2, 0.25) is 0 Å². The average Bonchev–Trinajstić information content (AvgIpc) is 2.96. The number of amides is 2. The number of hydrogen-bond acceptors (Lipinski definition) is 3. The first-order valence-corrected chi connectivity index (χ1v) is 6.93. The minimum absolute atomic E-state index is 0.120. The van der Waals surface area contributed by atoms with Crippen molar-refractivity contribution in [3.8, 4) is 0 Å². The molecule has 0 aromatic carbocycles. The molecule has 18 heavy (non-hydrogen) atoms. The van der Waals surface area contributed by atoms with E-state index in [-0.39, 0.29) is 11.6 Å². The summed E-state index contributed by atoms with van der Waals surface area (Å²) in [6.07, 6.45) is 3.42. The largest absolute Gasteiger partial charge is 0.385 e. The molecule has 1 saturated heterocycles. The predicted octanol–water partition coefficient (Wildman–Crippen LogP) is 1.04. The second-order valence-electron chi connectivity index (χ2n) is 6.18. The lowest BCUT2D eigenvalue weighted by Crippen LogP contribution is -2.56. The fraction of sp³-hybridized carbons (Fsp3) is 0.846. The third-order valence-corrected chi connectivity index (χ3v) is 4.59. The summed E-state index contributed by atoms with van der Waals surface area (Å²) in [6, 6.07) is 0.376. The van der Waals surface area contributed by atoms with Crippen LogP contribution in [0.25, 0.3) is 0 Å². The van der Waals surface area contributed by atoms with Gasteiger partial charge in [-0.05, 0) is 39.0 Å². The molecule has 0 aromatic rings. The predicted molar refractivity (Wildman–Crippen MR) is 70.5 cm³/mol. The van der Waals surface area contributed by atoms with Gasteiger partial charge in [0, 0.05) is 25.7 Å². The lowest BCUT2D eigenvalue weighted by molar-refractivity contribution is 0.161. The van der Waals surface area contributed by atoms with E-state index in [0.717, 1.165) is 26.1 Å². The highest BCUT2D eigenvalue weighted by molar-refractivity contribution is 6.06. The normalized spacial score (nSPS) is 32.9. The summed E-state index contributed by atoms with van der Waals surface area (Å²) < 4.78 is 0. The van der Waals surface area contributed by atoms with Gasteiger partial charge in [-0.15, -0.1) is 0 Å². The van der Waals surface area contributed by atoms with E-state index in [0.29, 0.717) is 17.8 Å². The maximum absolute atomic E-state index is 12.0. The highest BCUT2D eigenvalue weighted by Crippen LogP contribution is 2.38. The Hall–Kier alpha value is -1.10. The summed E-state index contributed by atoms with van der Waals surface area (Å²) in [7, 11) is 0. The van der Waals surface area contributed by atoms with Gasteiger partial charge in [-0.25, -0.2) is 4.79 Å². The topological polar surface area (TPSA) is 61.9 Å². The van der Waals surface area contributed by atoms with Crippen molar-refractivity contribution in [2.45, 2.75) is 44.7 Å². The highest BCUT2D eigenvalue weighted by Gasteiger charge is 2.53. The van der Waals surface area contributed by atoms with E-state index >= 15 is 0 Å². The van der Waals surface area contributed by atoms with Crippen molar-refractivity contribution in [1.82, 2.24) is 9.80 Å². The van der Waals surface area contributed by atoms with Crippen LogP contribution in [0.1, 0.15) is 33.1 Å². The molecule has 2 aliphatic heterocycles. The zero-order chi connectivity index (χ0) is 12.9. The summed E-state index contributed by atoms with van der Waals surface area (Å²) in [4.78, 5) is 20.4. The molecule has 5 nitrogen and oxygen atoms in total. The molecule has 1 aliphatic carbocycles. The fourth-order valence-corrected chi connectivity index (χ4v) is 3.09. The Morgan fingerprint density at radius 2 is 2.22 bits per heavy atom. The first-order chi connectivity index (χ1) is 8.53. The summed E-state index contributed by atoms with van der Waals surface area (Å²) in [5, 5.41) is 0. The van der Waals surface area contributed by atoms with Gasteiger partial charge in [0.15, 0.2) is 0 Å². The van der Waals surface area contributed by atoms with Crippen LogP contribution in [0.5, 0.6) is 0 Å². The monoisotopic (exact) mass is 250 g/mol. The number of nitrogens with zero attached hydrogens (tertiary/aromatic N) is 3. The van der Waals surface area contributed by atoms with Gasteiger partial charge < -0.3 is 10.6 Å². The minimum Gasteiger partial charge on any atom is -0.385 e. The SMILES string of the molecule is CC(C)N1CCC2(C1)C(N)=NC(=O)N2CC1CC1. The standard InChI is InChI=1S/C13H22N4O/c1-9(2)16-6-5-13(8-16)11(14)15-12(18)17(13)7-10-3-4-10/h9-10H,3-8H2,1-2H3,(H2,14,15,18). The molecule has 3 rings (SSSR count). The quantitative estimate of drug-likeness (QED) is 0.814. The number of carbonyl (C=O) groups is 1. The second-order valence-corrected chi connectivity index (χ2v) is 6.18. The molecule has 1 spiro atoms. The molecule has 0 bridgehead atoms. The van der Waals surface area contributed by atoms with Crippen LogP contribution < -0.4 is 5.73 Å². The van der Waals surface area contributed by atoms with E-state index in [2.05, 4.69) is 23.7 Å². The van der Waals surface area contributed by atoms with Crippen LogP contribution in [-0.4, -0.2) is 52.9 Å². The Morgan fingerprint density at radius 1 is 1.50 bits per heavy atom. The Kier molecular flexibility index (Phi) is 2.62. The van der Waals surface area contributed by atoms with E-state index < -0.39 is 0 Å². The molecule has 1 saturated carbocycles. The summed E-state index contributed by atoms with van der Waals surface area (Å²) in [6.45, 7) is 7.07. The summed E-state index contributed by atoms with van der Waals surface area (Å²) >= 11 is 0. The second kappa shape index (κ2) is 3.95. The van der Waals surface area contributed by atoms with Crippen molar-refractivity contribution in [2.75, 3.05) is 19.6 Å². The maximum atomic E-state index is 12.0. The highest BCUT2D eigenvalue weighted by atomic mass is 16.2. The first kappa shape index (κ1) is 12.0. The third-order valence-electron chi connectivity index (χ3n) is 4.59. The van der Waals surface area contributed by atoms with Gasteiger partial charge in [0.1, 0.15) is 11.4 Å². The molecule has 2 amide bonds. The fourth-order valence-electron chi connectivity index (χ4n) is 3.09. The van der Waals surface area contributed by atoms with E-state index in [9.17, 15) is 4.79 Å². The van der Waals surface area contributed by atoms with Crippen LogP contribution in [0, 0.1) is 5.92 Å². The molecule has 3 aliphatic rings.